The van der Waals surface area contributed by atoms with Crippen molar-refractivity contribution in [3.63, 3.8) is 0 Å². The van der Waals surface area contributed by atoms with Crippen LogP contribution >= 0.6 is 23.1 Å². The Labute approximate surface area is 122 Å². The summed E-state index contributed by atoms with van der Waals surface area (Å²) in [6, 6.07) is 6.29. The Kier molecular flexibility index (Phi) is 5.82. The average Bonchev–Trinajstić information content (AvgIpc) is 2.85. The molecule has 5 heteroatoms. The molecule has 0 aliphatic carbocycles. The summed E-state index contributed by atoms with van der Waals surface area (Å²) in [5.74, 6) is 1.01. The van der Waals surface area contributed by atoms with Crippen LogP contribution in [-0.2, 0) is 6.42 Å². The van der Waals surface area contributed by atoms with Crippen molar-refractivity contribution in [3.8, 4) is 0 Å². The highest BCUT2D eigenvalue weighted by atomic mass is 32.2. The summed E-state index contributed by atoms with van der Waals surface area (Å²) in [7, 11) is 0. The Hall–Kier alpha value is -0.910. The molecule has 0 aliphatic heterocycles. The minimum absolute atomic E-state index is 0.887. The third-order valence-electron chi connectivity index (χ3n) is 2.60. The van der Waals surface area contributed by atoms with E-state index in [0.29, 0.717) is 0 Å². The smallest absolute Gasteiger partial charge is 0.188 e. The van der Waals surface area contributed by atoms with E-state index in [1.165, 1.54) is 4.88 Å². The largest absolute Gasteiger partial charge is 0.316 e. The van der Waals surface area contributed by atoms with Crippen LogP contribution < -0.4 is 5.32 Å². The number of aryl methyl sites for hydroxylation is 2. The van der Waals surface area contributed by atoms with Gasteiger partial charge in [-0.15, -0.1) is 11.3 Å². The molecule has 0 fully saturated rings. The summed E-state index contributed by atoms with van der Waals surface area (Å²) in [5, 5.41) is 6.47. The van der Waals surface area contributed by atoms with Crippen LogP contribution in [0.5, 0.6) is 0 Å². The zero-order valence-corrected chi connectivity index (χ0v) is 13.0. The van der Waals surface area contributed by atoms with Crippen molar-refractivity contribution in [1.82, 2.24) is 15.3 Å². The maximum Gasteiger partial charge on any atom is 0.188 e. The fourth-order valence-corrected chi connectivity index (χ4v) is 3.32. The minimum Gasteiger partial charge on any atom is -0.316 e. The van der Waals surface area contributed by atoms with Crippen LogP contribution in [0.25, 0.3) is 0 Å². The zero-order valence-electron chi connectivity index (χ0n) is 11.3. The molecule has 0 saturated heterocycles. The van der Waals surface area contributed by atoms with Gasteiger partial charge in [0.2, 0.25) is 0 Å². The van der Waals surface area contributed by atoms with Crippen LogP contribution in [0.4, 0.5) is 0 Å². The first kappa shape index (κ1) is 14.5. The van der Waals surface area contributed by atoms with E-state index in [4.69, 9.17) is 0 Å². The molecule has 0 aromatic carbocycles. The van der Waals surface area contributed by atoms with Gasteiger partial charge in [0.15, 0.2) is 5.16 Å². The summed E-state index contributed by atoms with van der Waals surface area (Å²) in [4.78, 5) is 10.3. The lowest BCUT2D eigenvalue weighted by Gasteiger charge is -2.04. The van der Waals surface area contributed by atoms with Gasteiger partial charge >= 0.3 is 0 Å². The van der Waals surface area contributed by atoms with Crippen molar-refractivity contribution in [1.29, 1.82) is 0 Å². The van der Waals surface area contributed by atoms with E-state index in [2.05, 4.69) is 32.8 Å². The van der Waals surface area contributed by atoms with Crippen molar-refractivity contribution < 1.29 is 0 Å². The van der Waals surface area contributed by atoms with E-state index in [1.54, 1.807) is 11.8 Å². The quantitative estimate of drug-likeness (QED) is 0.484. The van der Waals surface area contributed by atoms with Crippen LogP contribution in [0.2, 0.25) is 0 Å². The van der Waals surface area contributed by atoms with E-state index in [0.717, 1.165) is 41.8 Å². The van der Waals surface area contributed by atoms with Crippen LogP contribution in [0.1, 0.15) is 16.3 Å². The second-order valence-electron chi connectivity index (χ2n) is 4.36. The third kappa shape index (κ3) is 5.30. The third-order valence-corrected chi connectivity index (χ3v) is 4.39. The van der Waals surface area contributed by atoms with Crippen LogP contribution in [0.15, 0.2) is 28.7 Å². The van der Waals surface area contributed by atoms with Gasteiger partial charge in [0.1, 0.15) is 0 Å². The van der Waals surface area contributed by atoms with E-state index in [-0.39, 0.29) is 0 Å². The number of hydrogen-bond donors (Lipinski definition) is 1. The summed E-state index contributed by atoms with van der Waals surface area (Å²) in [6.45, 7) is 6.05. The molecule has 0 radical (unpaired) electrons. The molecule has 2 heterocycles. The average molecular weight is 293 g/mol. The first-order valence-corrected chi connectivity index (χ1v) is 8.29. The van der Waals surface area contributed by atoms with Crippen molar-refractivity contribution in [3.05, 3.63) is 39.8 Å². The lowest BCUT2D eigenvalue weighted by Crippen LogP contribution is -2.19. The van der Waals surface area contributed by atoms with Gasteiger partial charge in [-0.1, -0.05) is 17.8 Å². The second kappa shape index (κ2) is 7.62. The summed E-state index contributed by atoms with van der Waals surface area (Å²) in [5.41, 5.74) is 2.08. The number of thiophene rings is 1. The molecule has 0 saturated carbocycles. The number of rotatable bonds is 7. The molecule has 0 bridgehead atoms. The molecule has 1 N–H and O–H groups in total. The number of nitrogens with one attached hydrogen (secondary N) is 1. The predicted molar refractivity (Wildman–Crippen MR) is 83.1 cm³/mol. The summed E-state index contributed by atoms with van der Waals surface area (Å²) < 4.78 is 0. The number of thioether (sulfide) groups is 1. The molecule has 3 nitrogen and oxygen atoms in total. The first-order chi connectivity index (χ1) is 9.24. The molecule has 19 heavy (non-hydrogen) atoms. The predicted octanol–water partition coefficient (Wildman–Crippen LogP) is 3.08. The van der Waals surface area contributed by atoms with Crippen LogP contribution in [-0.4, -0.2) is 28.8 Å². The molecule has 2 aromatic heterocycles. The Balaban J connectivity index is 1.61. The second-order valence-corrected chi connectivity index (χ2v) is 6.46. The van der Waals surface area contributed by atoms with E-state index < -0.39 is 0 Å². The minimum atomic E-state index is 0.887. The SMILES string of the molecule is Cc1cc(C)nc(SCCNCCc2cccs2)n1. The van der Waals surface area contributed by atoms with Gasteiger partial charge < -0.3 is 5.32 Å². The highest BCUT2D eigenvalue weighted by Gasteiger charge is 2.00. The lowest BCUT2D eigenvalue weighted by molar-refractivity contribution is 0.724. The molecule has 0 spiro atoms. The van der Waals surface area contributed by atoms with Gasteiger partial charge in [-0.2, -0.15) is 0 Å². The van der Waals surface area contributed by atoms with E-state index in [9.17, 15) is 0 Å². The van der Waals surface area contributed by atoms with Gasteiger partial charge in [-0.25, -0.2) is 9.97 Å². The Bertz CT molecular complexity index is 477. The number of hydrogen-bond acceptors (Lipinski definition) is 5. The van der Waals surface area contributed by atoms with Gasteiger partial charge in [0, 0.05) is 28.6 Å². The van der Waals surface area contributed by atoms with Crippen molar-refractivity contribution in [2.75, 3.05) is 18.8 Å². The Morgan fingerprint density at radius 1 is 1.21 bits per heavy atom. The Morgan fingerprint density at radius 2 is 2.00 bits per heavy atom. The van der Waals surface area contributed by atoms with E-state index >= 15 is 0 Å². The lowest BCUT2D eigenvalue weighted by atomic mass is 10.3. The molecular weight excluding hydrogens is 274 g/mol. The topological polar surface area (TPSA) is 37.8 Å². The molecule has 102 valence electrons. The standard InChI is InChI=1S/C14H19N3S2/c1-11-10-12(2)17-14(16-11)19-9-7-15-6-5-13-4-3-8-18-13/h3-4,8,10,15H,5-7,9H2,1-2H3. The van der Waals surface area contributed by atoms with Gasteiger partial charge in [0.25, 0.3) is 0 Å². The highest BCUT2D eigenvalue weighted by molar-refractivity contribution is 7.99. The molecule has 0 atom stereocenters. The van der Waals surface area contributed by atoms with E-state index in [1.807, 2.05) is 31.3 Å². The van der Waals surface area contributed by atoms with Crippen molar-refractivity contribution >= 4 is 23.1 Å². The van der Waals surface area contributed by atoms with Gasteiger partial charge in [-0.05, 0) is 44.3 Å². The summed E-state index contributed by atoms with van der Waals surface area (Å²) >= 11 is 3.54. The fraction of sp³-hybridized carbons (Fsp3) is 0.429. The summed E-state index contributed by atoms with van der Waals surface area (Å²) in [6.07, 6.45) is 1.11. The molecule has 0 aliphatic rings. The van der Waals surface area contributed by atoms with Crippen LogP contribution in [0, 0.1) is 13.8 Å². The maximum absolute atomic E-state index is 4.42. The molecule has 2 aromatic rings. The van der Waals surface area contributed by atoms with Crippen molar-refractivity contribution in [2.45, 2.75) is 25.4 Å². The van der Waals surface area contributed by atoms with Gasteiger partial charge in [0.05, 0.1) is 0 Å². The molecular formula is C14H19N3S2. The zero-order chi connectivity index (χ0) is 13.5. The first-order valence-electron chi connectivity index (χ1n) is 6.42. The van der Waals surface area contributed by atoms with Gasteiger partial charge in [-0.3, -0.25) is 0 Å². The normalized spacial score (nSPS) is 10.8. The highest BCUT2D eigenvalue weighted by Crippen LogP contribution is 2.13. The Morgan fingerprint density at radius 3 is 2.68 bits per heavy atom. The van der Waals surface area contributed by atoms with Crippen molar-refractivity contribution in [2.24, 2.45) is 0 Å². The fourth-order valence-electron chi connectivity index (χ4n) is 1.76. The number of nitrogens with zero attached hydrogens (tertiary/aromatic N) is 2. The molecule has 2 rings (SSSR count). The monoisotopic (exact) mass is 293 g/mol. The maximum atomic E-state index is 4.42. The molecule has 0 unspecified atom stereocenters. The molecule has 0 amide bonds. The van der Waals surface area contributed by atoms with Crippen LogP contribution in [0.3, 0.4) is 0 Å². The number of aromatic nitrogens is 2.